The minimum Gasteiger partial charge on any atom is -0.462 e. The quantitative estimate of drug-likeness (QED) is 0.623. The molecule has 1 aromatic rings. The van der Waals surface area contributed by atoms with Gasteiger partial charge < -0.3 is 20.5 Å². The molecule has 0 spiro atoms. The van der Waals surface area contributed by atoms with Crippen molar-refractivity contribution < 1.29 is 14.3 Å². The average molecular weight is 292 g/mol. The highest BCUT2D eigenvalue weighted by atomic mass is 16.5. The lowest BCUT2D eigenvalue weighted by Crippen LogP contribution is -2.22. The maximum absolute atomic E-state index is 11.8. The van der Waals surface area contributed by atoms with Gasteiger partial charge in [-0.15, -0.1) is 0 Å². The molecule has 0 bridgehead atoms. The molecule has 3 N–H and O–H groups in total. The van der Waals surface area contributed by atoms with Crippen molar-refractivity contribution in [1.82, 2.24) is 0 Å². The molecule has 21 heavy (non-hydrogen) atoms. The van der Waals surface area contributed by atoms with E-state index in [2.05, 4.69) is 5.32 Å². The number of ether oxygens (including phenoxy) is 2. The number of para-hydroxylation sites is 1. The number of hydrogen-bond acceptors (Lipinski definition) is 5. The van der Waals surface area contributed by atoms with Crippen LogP contribution in [0.3, 0.4) is 0 Å². The monoisotopic (exact) mass is 292 g/mol. The van der Waals surface area contributed by atoms with Gasteiger partial charge in [-0.25, -0.2) is 4.79 Å². The summed E-state index contributed by atoms with van der Waals surface area (Å²) in [7, 11) is 0. The second kappa shape index (κ2) is 7.88. The molecule has 1 aromatic carbocycles. The maximum Gasteiger partial charge on any atom is 0.340 e. The fourth-order valence-corrected chi connectivity index (χ4v) is 2.51. The van der Waals surface area contributed by atoms with Crippen LogP contribution in [0.1, 0.15) is 43.0 Å². The van der Waals surface area contributed by atoms with Gasteiger partial charge in [0, 0.05) is 13.2 Å². The fraction of sp³-hybridized carbons (Fsp3) is 0.562. The van der Waals surface area contributed by atoms with Crippen LogP contribution in [0.5, 0.6) is 0 Å². The Bertz CT molecular complexity index is 471. The minimum absolute atomic E-state index is 0.334. The molecule has 2 rings (SSSR count). The van der Waals surface area contributed by atoms with Gasteiger partial charge in [-0.05, 0) is 44.7 Å². The first-order chi connectivity index (χ1) is 10.2. The van der Waals surface area contributed by atoms with Gasteiger partial charge in [0.2, 0.25) is 0 Å². The number of nitrogens with two attached hydrogens (primary N) is 1. The third-order valence-electron chi connectivity index (χ3n) is 3.66. The zero-order valence-electron chi connectivity index (χ0n) is 12.6. The summed E-state index contributed by atoms with van der Waals surface area (Å²) in [5, 5.41) is 3.28. The molecule has 0 aliphatic carbocycles. The number of nitrogens with one attached hydrogen (secondary N) is 1. The smallest absolute Gasteiger partial charge is 0.340 e. The van der Waals surface area contributed by atoms with Crippen LogP contribution in [0.4, 0.5) is 11.4 Å². The Morgan fingerprint density at radius 2 is 2.33 bits per heavy atom. The van der Waals surface area contributed by atoms with E-state index in [0.29, 0.717) is 24.0 Å². The molecule has 5 heteroatoms. The van der Waals surface area contributed by atoms with E-state index in [1.165, 1.54) is 12.8 Å². The number of carbonyl (C=O) groups excluding carboxylic acids is 1. The number of rotatable bonds is 6. The normalized spacial score (nSPS) is 18.2. The van der Waals surface area contributed by atoms with E-state index in [4.69, 9.17) is 15.2 Å². The predicted octanol–water partition coefficient (Wildman–Crippen LogP) is 2.82. The zero-order chi connectivity index (χ0) is 15.1. The van der Waals surface area contributed by atoms with Gasteiger partial charge in [0.05, 0.1) is 29.6 Å². The standard InChI is InChI=1S/C16H24N2O3/c1-2-20-16(19)13-7-5-8-14(15(13)17)18-10-9-12-6-3-4-11-21-12/h5,7-8,12,18H,2-4,6,9-11,17H2,1H3. The Labute approximate surface area is 125 Å². The summed E-state index contributed by atoms with van der Waals surface area (Å²) in [6.07, 6.45) is 4.81. The highest BCUT2D eigenvalue weighted by Crippen LogP contribution is 2.24. The van der Waals surface area contributed by atoms with E-state index in [9.17, 15) is 4.79 Å². The Kier molecular flexibility index (Phi) is 5.87. The Morgan fingerprint density at radius 3 is 3.05 bits per heavy atom. The van der Waals surface area contributed by atoms with E-state index in [-0.39, 0.29) is 5.97 Å². The number of carbonyl (C=O) groups is 1. The zero-order valence-corrected chi connectivity index (χ0v) is 12.6. The van der Waals surface area contributed by atoms with Crippen LogP contribution in [-0.2, 0) is 9.47 Å². The molecule has 1 aliphatic rings. The lowest BCUT2D eigenvalue weighted by Gasteiger charge is -2.23. The summed E-state index contributed by atoms with van der Waals surface area (Å²) in [5.74, 6) is -0.380. The van der Waals surface area contributed by atoms with Crippen molar-refractivity contribution >= 4 is 17.3 Å². The largest absolute Gasteiger partial charge is 0.462 e. The summed E-state index contributed by atoms with van der Waals surface area (Å²) >= 11 is 0. The van der Waals surface area contributed by atoms with Gasteiger partial charge in [-0.1, -0.05) is 6.07 Å². The van der Waals surface area contributed by atoms with Crippen LogP contribution in [-0.4, -0.2) is 31.8 Å². The summed E-state index contributed by atoms with van der Waals surface area (Å²) in [6, 6.07) is 5.37. The van der Waals surface area contributed by atoms with Gasteiger partial charge in [0.15, 0.2) is 0 Å². The van der Waals surface area contributed by atoms with Crippen molar-refractivity contribution in [1.29, 1.82) is 0 Å². The molecule has 1 heterocycles. The molecule has 0 aromatic heterocycles. The Hall–Kier alpha value is -1.75. The molecule has 0 radical (unpaired) electrons. The van der Waals surface area contributed by atoms with E-state index < -0.39 is 0 Å². The molecule has 1 atom stereocenters. The maximum atomic E-state index is 11.8. The van der Waals surface area contributed by atoms with Crippen LogP contribution >= 0.6 is 0 Å². The number of hydrogen-bond donors (Lipinski definition) is 2. The van der Waals surface area contributed by atoms with Crippen LogP contribution in [0.2, 0.25) is 0 Å². The van der Waals surface area contributed by atoms with E-state index in [0.717, 1.165) is 31.7 Å². The minimum atomic E-state index is -0.380. The number of nitrogen functional groups attached to an aromatic ring is 1. The van der Waals surface area contributed by atoms with Crippen LogP contribution < -0.4 is 11.1 Å². The van der Waals surface area contributed by atoms with Crippen molar-refractivity contribution in [2.24, 2.45) is 0 Å². The first-order valence-corrected chi connectivity index (χ1v) is 7.63. The second-order valence-electron chi connectivity index (χ2n) is 5.19. The fourth-order valence-electron chi connectivity index (χ4n) is 2.51. The molecular weight excluding hydrogens is 268 g/mol. The molecule has 1 aliphatic heterocycles. The summed E-state index contributed by atoms with van der Waals surface area (Å²) in [4.78, 5) is 11.8. The topological polar surface area (TPSA) is 73.6 Å². The van der Waals surface area contributed by atoms with Crippen molar-refractivity contribution in [3.63, 3.8) is 0 Å². The van der Waals surface area contributed by atoms with Crippen LogP contribution in [0.25, 0.3) is 0 Å². The van der Waals surface area contributed by atoms with E-state index in [1.807, 2.05) is 12.1 Å². The lowest BCUT2D eigenvalue weighted by molar-refractivity contribution is 0.0134. The summed E-state index contributed by atoms with van der Waals surface area (Å²) < 4.78 is 10.7. The molecule has 1 unspecified atom stereocenters. The lowest BCUT2D eigenvalue weighted by atomic mass is 10.1. The first kappa shape index (κ1) is 15.6. The summed E-state index contributed by atoms with van der Waals surface area (Å²) in [5.41, 5.74) is 7.67. The van der Waals surface area contributed by atoms with Gasteiger partial charge in [0.1, 0.15) is 0 Å². The Morgan fingerprint density at radius 1 is 1.48 bits per heavy atom. The van der Waals surface area contributed by atoms with Gasteiger partial charge >= 0.3 is 5.97 Å². The summed E-state index contributed by atoms with van der Waals surface area (Å²) in [6.45, 7) is 3.77. The molecule has 5 nitrogen and oxygen atoms in total. The predicted molar refractivity (Wildman–Crippen MR) is 83.5 cm³/mol. The van der Waals surface area contributed by atoms with Gasteiger partial charge in [-0.3, -0.25) is 0 Å². The third kappa shape index (κ3) is 4.36. The van der Waals surface area contributed by atoms with Crippen molar-refractivity contribution in [2.45, 2.75) is 38.7 Å². The number of esters is 1. The average Bonchev–Trinajstić information content (AvgIpc) is 2.50. The van der Waals surface area contributed by atoms with Crippen molar-refractivity contribution in [2.75, 3.05) is 30.8 Å². The van der Waals surface area contributed by atoms with Crippen LogP contribution in [0, 0.1) is 0 Å². The van der Waals surface area contributed by atoms with E-state index >= 15 is 0 Å². The molecule has 116 valence electrons. The van der Waals surface area contributed by atoms with Gasteiger partial charge in [-0.2, -0.15) is 0 Å². The number of benzene rings is 1. The SMILES string of the molecule is CCOC(=O)c1cccc(NCCC2CCCCO2)c1N. The van der Waals surface area contributed by atoms with Crippen molar-refractivity contribution in [3.05, 3.63) is 23.8 Å². The highest BCUT2D eigenvalue weighted by Gasteiger charge is 2.15. The molecular formula is C16H24N2O3. The van der Waals surface area contributed by atoms with Gasteiger partial charge in [0.25, 0.3) is 0 Å². The third-order valence-corrected chi connectivity index (χ3v) is 3.66. The molecule has 1 fully saturated rings. The number of anilines is 2. The second-order valence-corrected chi connectivity index (χ2v) is 5.19. The first-order valence-electron chi connectivity index (χ1n) is 7.63. The van der Waals surface area contributed by atoms with E-state index in [1.54, 1.807) is 13.0 Å². The molecule has 0 amide bonds. The van der Waals surface area contributed by atoms with Crippen molar-refractivity contribution in [3.8, 4) is 0 Å². The molecule has 0 saturated carbocycles. The molecule has 1 saturated heterocycles. The van der Waals surface area contributed by atoms with Crippen LogP contribution in [0.15, 0.2) is 18.2 Å². The highest BCUT2D eigenvalue weighted by molar-refractivity contribution is 5.98. The Balaban J connectivity index is 1.90.